The average Bonchev–Trinajstić information content (AvgIpc) is 2.68. The van der Waals surface area contributed by atoms with Crippen LogP contribution < -0.4 is 5.32 Å². The molecule has 1 unspecified atom stereocenters. The summed E-state index contributed by atoms with van der Waals surface area (Å²) in [5.74, 6) is -0.453. The van der Waals surface area contributed by atoms with E-state index in [-0.39, 0.29) is 17.8 Å². The van der Waals surface area contributed by atoms with E-state index in [2.05, 4.69) is 22.3 Å². The zero-order valence-corrected chi connectivity index (χ0v) is 15.5. The Balaban J connectivity index is 1.48. The van der Waals surface area contributed by atoms with Gasteiger partial charge in [-0.1, -0.05) is 42.5 Å². The number of allylic oxidation sites excluding steroid dienone is 1. The van der Waals surface area contributed by atoms with Gasteiger partial charge in [0.15, 0.2) is 0 Å². The molecular formula is C22H25FN2O2. The number of benzene rings is 2. The molecule has 27 heavy (non-hydrogen) atoms. The number of ether oxygens (including phenoxy) is 1. The Morgan fingerprint density at radius 1 is 1.22 bits per heavy atom. The molecule has 0 saturated carbocycles. The third-order valence-electron chi connectivity index (χ3n) is 4.62. The van der Waals surface area contributed by atoms with Gasteiger partial charge in [0.1, 0.15) is 5.82 Å². The number of carbonyl (C=O) groups excluding carboxylic acids is 1. The molecule has 0 spiro atoms. The highest BCUT2D eigenvalue weighted by molar-refractivity contribution is 5.94. The van der Waals surface area contributed by atoms with E-state index in [4.69, 9.17) is 4.74 Å². The van der Waals surface area contributed by atoms with E-state index in [0.717, 1.165) is 30.8 Å². The van der Waals surface area contributed by atoms with Crippen LogP contribution in [0.25, 0.3) is 5.57 Å². The smallest absolute Gasteiger partial charge is 0.244 e. The van der Waals surface area contributed by atoms with E-state index in [1.165, 1.54) is 23.8 Å². The van der Waals surface area contributed by atoms with Crippen molar-refractivity contribution < 1.29 is 13.9 Å². The minimum atomic E-state index is -0.287. The molecule has 1 atom stereocenters. The zero-order valence-electron chi connectivity index (χ0n) is 15.5. The summed E-state index contributed by atoms with van der Waals surface area (Å²) in [5, 5.41) is 2.91. The van der Waals surface area contributed by atoms with Crippen molar-refractivity contribution in [1.82, 2.24) is 10.2 Å². The van der Waals surface area contributed by atoms with Gasteiger partial charge in [-0.15, -0.1) is 0 Å². The van der Waals surface area contributed by atoms with Crippen LogP contribution in [-0.2, 0) is 16.1 Å². The highest BCUT2D eigenvalue weighted by atomic mass is 19.1. The maximum absolute atomic E-state index is 13.0. The van der Waals surface area contributed by atoms with Crippen molar-refractivity contribution >= 4 is 11.5 Å². The third kappa shape index (κ3) is 6.01. The van der Waals surface area contributed by atoms with E-state index in [1.807, 2.05) is 25.1 Å². The predicted octanol–water partition coefficient (Wildman–Crippen LogP) is 3.25. The van der Waals surface area contributed by atoms with Gasteiger partial charge in [-0.3, -0.25) is 9.69 Å². The minimum Gasteiger partial charge on any atom is -0.374 e. The molecule has 0 aromatic heterocycles. The zero-order chi connectivity index (χ0) is 19.1. The SMILES string of the molecule is C/C(=C\C(=O)NCC1CN(Cc2ccccc2)CCO1)c1ccc(F)cc1. The number of rotatable bonds is 6. The van der Waals surface area contributed by atoms with Crippen LogP contribution in [0.5, 0.6) is 0 Å². The molecule has 142 valence electrons. The molecule has 1 amide bonds. The van der Waals surface area contributed by atoms with E-state index in [1.54, 1.807) is 12.1 Å². The lowest BCUT2D eigenvalue weighted by molar-refractivity contribution is -0.117. The Kier molecular flexibility index (Phi) is 6.74. The average molecular weight is 368 g/mol. The van der Waals surface area contributed by atoms with Gasteiger partial charge in [0.2, 0.25) is 5.91 Å². The van der Waals surface area contributed by atoms with Crippen LogP contribution in [0.3, 0.4) is 0 Å². The van der Waals surface area contributed by atoms with Crippen LogP contribution in [0.4, 0.5) is 4.39 Å². The molecule has 1 saturated heterocycles. The molecular weight excluding hydrogens is 343 g/mol. The van der Waals surface area contributed by atoms with Crippen molar-refractivity contribution in [2.24, 2.45) is 0 Å². The summed E-state index contributed by atoms with van der Waals surface area (Å²) in [6.45, 7) is 5.54. The number of carbonyl (C=O) groups is 1. The molecule has 4 nitrogen and oxygen atoms in total. The normalized spacial score (nSPS) is 18.3. The lowest BCUT2D eigenvalue weighted by Crippen LogP contribution is -2.47. The second-order valence-corrected chi connectivity index (χ2v) is 6.79. The number of morpholine rings is 1. The van der Waals surface area contributed by atoms with Gasteiger partial charge in [-0.05, 0) is 35.8 Å². The summed E-state index contributed by atoms with van der Waals surface area (Å²) in [7, 11) is 0. The summed E-state index contributed by atoms with van der Waals surface area (Å²) in [6.07, 6.45) is 1.52. The van der Waals surface area contributed by atoms with Crippen molar-refractivity contribution in [1.29, 1.82) is 0 Å². The number of nitrogens with one attached hydrogen (secondary N) is 1. The predicted molar refractivity (Wildman–Crippen MR) is 105 cm³/mol. The summed E-state index contributed by atoms with van der Waals surface area (Å²) in [6, 6.07) is 16.5. The highest BCUT2D eigenvalue weighted by Crippen LogP contribution is 2.14. The van der Waals surface area contributed by atoms with E-state index in [9.17, 15) is 9.18 Å². The number of amides is 1. The molecule has 0 bridgehead atoms. The van der Waals surface area contributed by atoms with Gasteiger partial charge >= 0.3 is 0 Å². The van der Waals surface area contributed by atoms with Crippen LogP contribution in [0, 0.1) is 5.82 Å². The topological polar surface area (TPSA) is 41.6 Å². The van der Waals surface area contributed by atoms with Crippen molar-refractivity contribution in [3.05, 3.63) is 77.6 Å². The first-order chi connectivity index (χ1) is 13.1. The first-order valence-electron chi connectivity index (χ1n) is 9.20. The molecule has 0 radical (unpaired) electrons. The quantitative estimate of drug-likeness (QED) is 0.796. The Morgan fingerprint density at radius 2 is 1.96 bits per heavy atom. The molecule has 1 N–H and O–H groups in total. The third-order valence-corrected chi connectivity index (χ3v) is 4.62. The minimum absolute atomic E-state index is 0.0223. The molecule has 2 aromatic rings. The van der Waals surface area contributed by atoms with Gasteiger partial charge in [0.25, 0.3) is 0 Å². The Hall–Kier alpha value is -2.50. The monoisotopic (exact) mass is 368 g/mol. The summed E-state index contributed by atoms with van der Waals surface area (Å²) < 4.78 is 18.8. The molecule has 1 heterocycles. The maximum Gasteiger partial charge on any atom is 0.244 e. The summed E-state index contributed by atoms with van der Waals surface area (Å²) >= 11 is 0. The van der Waals surface area contributed by atoms with Gasteiger partial charge in [-0.25, -0.2) is 4.39 Å². The van der Waals surface area contributed by atoms with E-state index in [0.29, 0.717) is 13.2 Å². The van der Waals surface area contributed by atoms with Gasteiger partial charge in [0.05, 0.1) is 12.7 Å². The van der Waals surface area contributed by atoms with Gasteiger partial charge in [0, 0.05) is 32.3 Å². The van der Waals surface area contributed by atoms with Gasteiger partial charge in [-0.2, -0.15) is 0 Å². The van der Waals surface area contributed by atoms with Crippen LogP contribution >= 0.6 is 0 Å². The van der Waals surface area contributed by atoms with Crippen LogP contribution in [0.1, 0.15) is 18.1 Å². The van der Waals surface area contributed by atoms with Gasteiger partial charge < -0.3 is 10.1 Å². The van der Waals surface area contributed by atoms with E-state index < -0.39 is 0 Å². The first-order valence-corrected chi connectivity index (χ1v) is 9.20. The molecule has 3 rings (SSSR count). The largest absolute Gasteiger partial charge is 0.374 e. The fraction of sp³-hybridized carbons (Fsp3) is 0.318. The fourth-order valence-corrected chi connectivity index (χ4v) is 3.15. The van der Waals surface area contributed by atoms with Crippen molar-refractivity contribution in [3.63, 3.8) is 0 Å². The lowest BCUT2D eigenvalue weighted by Gasteiger charge is -2.33. The molecule has 5 heteroatoms. The number of hydrogen-bond donors (Lipinski definition) is 1. The number of hydrogen-bond acceptors (Lipinski definition) is 3. The second-order valence-electron chi connectivity index (χ2n) is 6.79. The van der Waals surface area contributed by atoms with Crippen molar-refractivity contribution in [2.75, 3.05) is 26.2 Å². The fourth-order valence-electron chi connectivity index (χ4n) is 3.15. The van der Waals surface area contributed by atoms with Crippen LogP contribution in [0.2, 0.25) is 0 Å². The summed E-state index contributed by atoms with van der Waals surface area (Å²) in [4.78, 5) is 14.5. The van der Waals surface area contributed by atoms with Crippen LogP contribution in [-0.4, -0.2) is 43.2 Å². The van der Waals surface area contributed by atoms with Crippen LogP contribution in [0.15, 0.2) is 60.7 Å². The van der Waals surface area contributed by atoms with E-state index >= 15 is 0 Å². The Labute approximate surface area is 159 Å². The molecule has 1 aliphatic heterocycles. The number of nitrogens with zero attached hydrogens (tertiary/aromatic N) is 1. The van der Waals surface area contributed by atoms with Crippen molar-refractivity contribution in [3.8, 4) is 0 Å². The maximum atomic E-state index is 13.0. The molecule has 1 fully saturated rings. The Bertz CT molecular complexity index is 775. The summed E-state index contributed by atoms with van der Waals surface area (Å²) in [5.41, 5.74) is 2.90. The molecule has 2 aromatic carbocycles. The second kappa shape index (κ2) is 9.44. The molecule has 0 aliphatic carbocycles. The lowest BCUT2D eigenvalue weighted by atomic mass is 10.1. The number of halogens is 1. The Morgan fingerprint density at radius 3 is 2.70 bits per heavy atom. The van der Waals surface area contributed by atoms with Crippen molar-refractivity contribution in [2.45, 2.75) is 19.6 Å². The molecule has 1 aliphatic rings. The standard InChI is InChI=1S/C22H25FN2O2/c1-17(19-7-9-20(23)10-8-19)13-22(26)24-14-21-16-25(11-12-27-21)15-18-5-3-2-4-6-18/h2-10,13,21H,11-12,14-16H2,1H3,(H,24,26)/b17-13+. The first kappa shape index (κ1) is 19.3. The highest BCUT2D eigenvalue weighted by Gasteiger charge is 2.20.